The molecule has 24 heavy (non-hydrogen) atoms. The predicted molar refractivity (Wildman–Crippen MR) is 80.2 cm³/mol. The Kier molecular flexibility index (Phi) is 4.87. The molecule has 1 aliphatic rings. The molecule has 0 N–H and O–H groups in total. The van der Waals surface area contributed by atoms with E-state index in [-0.39, 0.29) is 24.2 Å². The molecule has 1 aromatic carbocycles. The van der Waals surface area contributed by atoms with E-state index in [9.17, 15) is 13.6 Å². The summed E-state index contributed by atoms with van der Waals surface area (Å²) in [5, 5.41) is 3.89. The minimum atomic E-state index is -0.637. The highest BCUT2D eigenvalue weighted by atomic mass is 19.1. The van der Waals surface area contributed by atoms with Crippen LogP contribution in [0.25, 0.3) is 0 Å². The van der Waals surface area contributed by atoms with E-state index in [1.54, 1.807) is 0 Å². The van der Waals surface area contributed by atoms with Gasteiger partial charge in [0.1, 0.15) is 11.6 Å². The van der Waals surface area contributed by atoms with Gasteiger partial charge in [-0.15, -0.1) is 0 Å². The van der Waals surface area contributed by atoms with Crippen LogP contribution < -0.4 is 0 Å². The second-order valence-corrected chi connectivity index (χ2v) is 6.09. The highest BCUT2D eigenvalue weighted by molar-refractivity contribution is 5.72. The molecule has 0 saturated heterocycles. The van der Waals surface area contributed by atoms with Gasteiger partial charge in [-0.05, 0) is 37.0 Å². The van der Waals surface area contributed by atoms with Crippen molar-refractivity contribution in [1.29, 1.82) is 0 Å². The van der Waals surface area contributed by atoms with Crippen LogP contribution >= 0.6 is 0 Å². The van der Waals surface area contributed by atoms with Crippen LogP contribution in [0.5, 0.6) is 0 Å². The first-order chi connectivity index (χ1) is 11.5. The highest BCUT2D eigenvalue weighted by Gasteiger charge is 2.31. The third-order valence-corrected chi connectivity index (χ3v) is 4.33. The highest BCUT2D eigenvalue weighted by Crippen LogP contribution is 2.36. The number of ether oxygens (including phenoxy) is 1. The molecule has 0 bridgehead atoms. The molecule has 7 heteroatoms. The van der Waals surface area contributed by atoms with Crippen molar-refractivity contribution in [3.63, 3.8) is 0 Å². The van der Waals surface area contributed by atoms with Crippen molar-refractivity contribution < 1.29 is 22.8 Å². The number of hydrogen-bond acceptors (Lipinski definition) is 5. The van der Waals surface area contributed by atoms with Gasteiger partial charge in [-0.1, -0.05) is 11.6 Å². The van der Waals surface area contributed by atoms with Crippen molar-refractivity contribution in [2.24, 2.45) is 5.92 Å². The molecule has 0 unspecified atom stereocenters. The molecule has 1 heterocycles. The average molecular weight is 336 g/mol. The van der Waals surface area contributed by atoms with Crippen LogP contribution in [0.1, 0.15) is 48.9 Å². The number of rotatable bonds is 4. The molecule has 3 rings (SSSR count). The monoisotopic (exact) mass is 336 g/mol. The van der Waals surface area contributed by atoms with Crippen LogP contribution in [0.3, 0.4) is 0 Å². The Bertz CT molecular complexity index is 712. The van der Waals surface area contributed by atoms with Crippen LogP contribution in [-0.4, -0.2) is 23.2 Å². The number of carbonyl (C=O) groups excluding carboxylic acids is 1. The maximum Gasteiger partial charge on any atom is 0.308 e. The lowest BCUT2D eigenvalue weighted by atomic mass is 9.81. The zero-order valence-corrected chi connectivity index (χ0v) is 13.3. The predicted octanol–water partition coefficient (Wildman–Crippen LogP) is 3.39. The Labute approximate surface area is 138 Å². The molecule has 1 saturated carbocycles. The van der Waals surface area contributed by atoms with E-state index in [2.05, 4.69) is 10.1 Å². The summed E-state index contributed by atoms with van der Waals surface area (Å²) < 4.78 is 36.6. The summed E-state index contributed by atoms with van der Waals surface area (Å²) in [6.45, 7) is 0. The van der Waals surface area contributed by atoms with Gasteiger partial charge in [0.05, 0.1) is 13.0 Å². The molecule has 1 fully saturated rings. The normalized spacial score (nSPS) is 20.8. The number of methoxy groups -OCH3 is 1. The maximum absolute atomic E-state index is 13.2. The number of benzene rings is 1. The quantitative estimate of drug-likeness (QED) is 0.801. The van der Waals surface area contributed by atoms with Crippen LogP contribution in [0, 0.1) is 17.6 Å². The molecule has 128 valence electrons. The third-order valence-electron chi connectivity index (χ3n) is 4.33. The zero-order valence-electron chi connectivity index (χ0n) is 13.3. The summed E-state index contributed by atoms with van der Waals surface area (Å²) >= 11 is 0. The fraction of sp³-hybridized carbons (Fsp3) is 0.471. The average Bonchev–Trinajstić information content (AvgIpc) is 3.01. The number of halogens is 2. The first kappa shape index (κ1) is 16.5. The van der Waals surface area contributed by atoms with E-state index in [0.717, 1.165) is 25.3 Å². The zero-order chi connectivity index (χ0) is 17.1. The molecular formula is C17H18F2N2O3. The first-order valence-electron chi connectivity index (χ1n) is 7.90. The molecule has 0 amide bonds. The topological polar surface area (TPSA) is 65.2 Å². The molecule has 2 atom stereocenters. The minimum Gasteiger partial charge on any atom is -0.469 e. The molecule has 5 nitrogen and oxygen atoms in total. The Morgan fingerprint density at radius 2 is 2.04 bits per heavy atom. The molecule has 0 spiro atoms. The lowest BCUT2D eigenvalue weighted by molar-refractivity contribution is -0.146. The third kappa shape index (κ3) is 3.77. The van der Waals surface area contributed by atoms with E-state index in [4.69, 9.17) is 9.26 Å². The summed E-state index contributed by atoms with van der Waals surface area (Å²) in [5.74, 6) is -0.793. The Hall–Kier alpha value is -2.31. The van der Waals surface area contributed by atoms with E-state index in [0.29, 0.717) is 23.7 Å². The van der Waals surface area contributed by atoms with E-state index in [1.165, 1.54) is 19.2 Å². The SMILES string of the molecule is COC(=O)[C@@H]1CCC[C@@H](c2nc(Cc3cc(F)cc(F)c3)no2)C1. The van der Waals surface area contributed by atoms with Gasteiger partial charge in [-0.2, -0.15) is 4.98 Å². The summed E-state index contributed by atoms with van der Waals surface area (Å²) in [4.78, 5) is 16.0. The molecule has 1 aromatic heterocycles. The molecule has 2 aromatic rings. The van der Waals surface area contributed by atoms with Crippen molar-refractivity contribution in [2.45, 2.75) is 38.0 Å². The van der Waals surface area contributed by atoms with Gasteiger partial charge >= 0.3 is 5.97 Å². The molecule has 0 radical (unpaired) electrons. The van der Waals surface area contributed by atoms with E-state index < -0.39 is 11.6 Å². The molecule has 0 aliphatic heterocycles. The Balaban J connectivity index is 1.69. The van der Waals surface area contributed by atoms with E-state index in [1.807, 2.05) is 0 Å². The van der Waals surface area contributed by atoms with Gasteiger partial charge in [-0.3, -0.25) is 4.79 Å². The van der Waals surface area contributed by atoms with Crippen LogP contribution in [0.4, 0.5) is 8.78 Å². The van der Waals surface area contributed by atoms with Crippen molar-refractivity contribution in [2.75, 3.05) is 7.11 Å². The summed E-state index contributed by atoms with van der Waals surface area (Å²) in [7, 11) is 1.38. The maximum atomic E-state index is 13.2. The van der Waals surface area contributed by atoms with Gasteiger partial charge in [-0.25, -0.2) is 8.78 Å². The van der Waals surface area contributed by atoms with Crippen molar-refractivity contribution in [3.05, 3.63) is 47.1 Å². The van der Waals surface area contributed by atoms with Gasteiger partial charge in [0.2, 0.25) is 5.89 Å². The minimum absolute atomic E-state index is 0.00773. The Morgan fingerprint density at radius 3 is 2.75 bits per heavy atom. The van der Waals surface area contributed by atoms with E-state index >= 15 is 0 Å². The number of carbonyl (C=O) groups is 1. The lowest BCUT2D eigenvalue weighted by Crippen LogP contribution is -2.23. The van der Waals surface area contributed by atoms with Crippen LogP contribution in [-0.2, 0) is 16.0 Å². The second-order valence-electron chi connectivity index (χ2n) is 6.09. The summed E-state index contributed by atoms with van der Waals surface area (Å²) in [6, 6.07) is 3.31. The molecule has 1 aliphatic carbocycles. The van der Waals surface area contributed by atoms with Gasteiger partial charge in [0.15, 0.2) is 5.82 Å². The number of nitrogens with zero attached hydrogens (tertiary/aromatic N) is 2. The van der Waals surface area contributed by atoms with Gasteiger partial charge < -0.3 is 9.26 Å². The van der Waals surface area contributed by atoms with Crippen LogP contribution in [0.2, 0.25) is 0 Å². The fourth-order valence-electron chi connectivity index (χ4n) is 3.20. The van der Waals surface area contributed by atoms with Crippen LogP contribution in [0.15, 0.2) is 22.7 Å². The van der Waals surface area contributed by atoms with Crippen molar-refractivity contribution in [1.82, 2.24) is 10.1 Å². The van der Waals surface area contributed by atoms with Crippen molar-refractivity contribution in [3.8, 4) is 0 Å². The Morgan fingerprint density at radius 1 is 1.29 bits per heavy atom. The van der Waals surface area contributed by atoms with Gasteiger partial charge in [0, 0.05) is 18.4 Å². The summed E-state index contributed by atoms with van der Waals surface area (Å²) in [5.41, 5.74) is 0.441. The summed E-state index contributed by atoms with van der Waals surface area (Å²) in [6.07, 6.45) is 3.35. The first-order valence-corrected chi connectivity index (χ1v) is 7.90. The molecular weight excluding hydrogens is 318 g/mol. The number of hydrogen-bond donors (Lipinski definition) is 0. The largest absolute Gasteiger partial charge is 0.469 e. The number of aromatic nitrogens is 2. The second kappa shape index (κ2) is 7.07. The fourth-order valence-corrected chi connectivity index (χ4v) is 3.20. The van der Waals surface area contributed by atoms with Crippen molar-refractivity contribution >= 4 is 5.97 Å². The van der Waals surface area contributed by atoms with Gasteiger partial charge in [0.25, 0.3) is 0 Å². The lowest BCUT2D eigenvalue weighted by Gasteiger charge is -2.24. The number of esters is 1. The standard InChI is InChI=1S/C17H18F2N2O3/c1-23-17(22)12-4-2-3-11(8-12)16-20-15(21-24-16)7-10-5-13(18)9-14(19)6-10/h5-6,9,11-12H,2-4,7-8H2,1H3/t11-,12-/m1/s1. The smallest absolute Gasteiger partial charge is 0.308 e.